The first-order valence-corrected chi connectivity index (χ1v) is 9.62. The summed E-state index contributed by atoms with van der Waals surface area (Å²) in [6, 6.07) is 14.4. The van der Waals surface area contributed by atoms with Crippen molar-refractivity contribution in [1.29, 1.82) is 0 Å². The largest absolute Gasteiger partial charge is 0.494 e. The van der Waals surface area contributed by atoms with E-state index < -0.39 is 0 Å². The van der Waals surface area contributed by atoms with Crippen LogP contribution in [0.1, 0.15) is 37.6 Å². The Morgan fingerprint density at radius 3 is 2.54 bits per heavy atom. The molecule has 0 aromatic heterocycles. The van der Waals surface area contributed by atoms with Gasteiger partial charge in [0.1, 0.15) is 5.75 Å². The Morgan fingerprint density at radius 1 is 1.04 bits per heavy atom. The lowest BCUT2D eigenvalue weighted by atomic mass is 10.1. The zero-order valence-corrected chi connectivity index (χ0v) is 16.7. The minimum atomic E-state index is -0.178. The summed E-state index contributed by atoms with van der Waals surface area (Å²) in [4.78, 5) is 24.1. The highest BCUT2D eigenvalue weighted by Gasteiger charge is 2.07. The molecule has 0 atom stereocenters. The van der Waals surface area contributed by atoms with Gasteiger partial charge in [0.05, 0.1) is 13.2 Å². The predicted octanol–water partition coefficient (Wildman–Crippen LogP) is 3.91. The second-order valence-corrected chi connectivity index (χ2v) is 6.90. The van der Waals surface area contributed by atoms with Crippen molar-refractivity contribution >= 4 is 23.2 Å². The van der Waals surface area contributed by atoms with Crippen molar-refractivity contribution in [3.8, 4) is 5.75 Å². The number of carbonyl (C=O) groups is 2. The molecule has 0 radical (unpaired) electrons. The van der Waals surface area contributed by atoms with Crippen molar-refractivity contribution < 1.29 is 14.3 Å². The summed E-state index contributed by atoms with van der Waals surface area (Å²) < 4.78 is 5.72. The first-order valence-electron chi connectivity index (χ1n) is 9.62. The zero-order valence-electron chi connectivity index (χ0n) is 16.7. The van der Waals surface area contributed by atoms with E-state index in [1.165, 1.54) is 0 Å². The molecule has 0 bridgehead atoms. The van der Waals surface area contributed by atoms with Crippen LogP contribution in [0.3, 0.4) is 0 Å². The fourth-order valence-corrected chi connectivity index (χ4v) is 2.50. The molecule has 0 fully saturated rings. The van der Waals surface area contributed by atoms with Gasteiger partial charge >= 0.3 is 0 Å². The highest BCUT2D eigenvalue weighted by Crippen LogP contribution is 2.18. The van der Waals surface area contributed by atoms with Crippen molar-refractivity contribution in [2.75, 3.05) is 30.3 Å². The van der Waals surface area contributed by atoms with Gasteiger partial charge in [-0.3, -0.25) is 9.59 Å². The molecule has 2 amide bonds. The number of amides is 2. The van der Waals surface area contributed by atoms with Gasteiger partial charge in [-0.05, 0) is 49.6 Å². The third-order valence-electron chi connectivity index (χ3n) is 4.00. The zero-order chi connectivity index (χ0) is 20.4. The third kappa shape index (κ3) is 7.31. The van der Waals surface area contributed by atoms with E-state index in [-0.39, 0.29) is 18.4 Å². The van der Waals surface area contributed by atoms with Crippen molar-refractivity contribution in [3.05, 3.63) is 54.1 Å². The smallest absolute Gasteiger partial charge is 0.251 e. The second kappa shape index (κ2) is 11.0. The first-order chi connectivity index (χ1) is 13.5. The minimum absolute atomic E-state index is 0.0945. The van der Waals surface area contributed by atoms with Crippen LogP contribution in [0.25, 0.3) is 0 Å². The summed E-state index contributed by atoms with van der Waals surface area (Å²) >= 11 is 0. The monoisotopic (exact) mass is 383 g/mol. The Morgan fingerprint density at radius 2 is 1.79 bits per heavy atom. The van der Waals surface area contributed by atoms with E-state index in [0.717, 1.165) is 12.2 Å². The average molecular weight is 383 g/mol. The summed E-state index contributed by atoms with van der Waals surface area (Å²) in [7, 11) is 0. The van der Waals surface area contributed by atoms with Crippen molar-refractivity contribution in [1.82, 2.24) is 5.32 Å². The summed E-state index contributed by atoms with van der Waals surface area (Å²) in [5.74, 6) is 1.01. The van der Waals surface area contributed by atoms with E-state index in [0.29, 0.717) is 36.0 Å². The molecule has 0 aliphatic rings. The summed E-state index contributed by atoms with van der Waals surface area (Å²) in [5.41, 5.74) is 1.95. The average Bonchev–Trinajstić information content (AvgIpc) is 2.67. The molecule has 6 nitrogen and oxygen atoms in total. The molecule has 0 aliphatic carbocycles. The molecule has 0 heterocycles. The lowest BCUT2D eigenvalue weighted by Crippen LogP contribution is -2.23. The Labute approximate surface area is 166 Å². The molecule has 2 rings (SSSR count). The van der Waals surface area contributed by atoms with E-state index in [4.69, 9.17) is 4.74 Å². The molecule has 0 spiro atoms. The molecule has 28 heavy (non-hydrogen) atoms. The van der Waals surface area contributed by atoms with Crippen LogP contribution in [-0.4, -0.2) is 31.5 Å². The Kier molecular flexibility index (Phi) is 8.34. The summed E-state index contributed by atoms with van der Waals surface area (Å²) in [5, 5.41) is 8.64. The van der Waals surface area contributed by atoms with Gasteiger partial charge in [-0.25, -0.2) is 0 Å². The van der Waals surface area contributed by atoms with Crippen LogP contribution < -0.4 is 20.7 Å². The Bertz CT molecular complexity index is 790. The maximum atomic E-state index is 12.2. The fraction of sp³-hybridized carbons (Fsp3) is 0.364. The molecule has 0 unspecified atom stereocenters. The molecule has 0 saturated heterocycles. The maximum Gasteiger partial charge on any atom is 0.251 e. The summed E-state index contributed by atoms with van der Waals surface area (Å²) in [6.07, 6.45) is 0.982. The third-order valence-corrected chi connectivity index (χ3v) is 4.00. The quantitative estimate of drug-likeness (QED) is 0.581. The van der Waals surface area contributed by atoms with Gasteiger partial charge in [-0.15, -0.1) is 0 Å². The molecule has 2 aromatic rings. The van der Waals surface area contributed by atoms with Crippen molar-refractivity contribution in [3.63, 3.8) is 0 Å². The SMILES string of the molecule is CCNC(=O)c1cccc(NCC(=O)Nc2cccc(OCCC(C)C)c2)c1. The second-order valence-electron chi connectivity index (χ2n) is 6.90. The molecule has 3 N–H and O–H groups in total. The predicted molar refractivity (Wildman–Crippen MR) is 113 cm³/mol. The number of ether oxygens (including phenoxy) is 1. The number of hydrogen-bond acceptors (Lipinski definition) is 4. The molecule has 2 aromatic carbocycles. The first kappa shape index (κ1) is 21.3. The van der Waals surface area contributed by atoms with E-state index in [2.05, 4.69) is 29.8 Å². The van der Waals surface area contributed by atoms with Gasteiger partial charge in [0.25, 0.3) is 5.91 Å². The fourth-order valence-electron chi connectivity index (χ4n) is 2.50. The highest BCUT2D eigenvalue weighted by atomic mass is 16.5. The van der Waals surface area contributed by atoms with E-state index >= 15 is 0 Å². The van der Waals surface area contributed by atoms with Crippen LogP contribution in [0, 0.1) is 5.92 Å². The van der Waals surface area contributed by atoms with Crippen LogP contribution >= 0.6 is 0 Å². The highest BCUT2D eigenvalue weighted by molar-refractivity contribution is 5.96. The van der Waals surface area contributed by atoms with Crippen LogP contribution in [0.15, 0.2) is 48.5 Å². The van der Waals surface area contributed by atoms with Gasteiger partial charge in [0.15, 0.2) is 0 Å². The lowest BCUT2D eigenvalue weighted by Gasteiger charge is -2.11. The molecular weight excluding hydrogens is 354 g/mol. The normalized spacial score (nSPS) is 10.4. The lowest BCUT2D eigenvalue weighted by molar-refractivity contribution is -0.114. The van der Waals surface area contributed by atoms with Gasteiger partial charge in [0, 0.05) is 29.5 Å². The number of anilines is 2. The number of nitrogens with one attached hydrogen (secondary N) is 3. The van der Waals surface area contributed by atoms with E-state index in [1.54, 1.807) is 18.2 Å². The molecule has 6 heteroatoms. The van der Waals surface area contributed by atoms with Crippen LogP contribution in [0.2, 0.25) is 0 Å². The van der Waals surface area contributed by atoms with Gasteiger partial charge in [0.2, 0.25) is 5.91 Å². The van der Waals surface area contributed by atoms with Crippen molar-refractivity contribution in [2.45, 2.75) is 27.2 Å². The van der Waals surface area contributed by atoms with Gasteiger partial charge < -0.3 is 20.7 Å². The van der Waals surface area contributed by atoms with E-state index in [1.807, 2.05) is 37.3 Å². The van der Waals surface area contributed by atoms with Gasteiger partial charge in [-0.1, -0.05) is 26.0 Å². The Hall–Kier alpha value is -3.02. The number of rotatable bonds is 10. The topological polar surface area (TPSA) is 79.5 Å². The number of carbonyl (C=O) groups excluding carboxylic acids is 2. The van der Waals surface area contributed by atoms with Gasteiger partial charge in [-0.2, -0.15) is 0 Å². The number of benzene rings is 2. The molecular formula is C22H29N3O3. The minimum Gasteiger partial charge on any atom is -0.494 e. The number of hydrogen-bond donors (Lipinski definition) is 3. The maximum absolute atomic E-state index is 12.2. The van der Waals surface area contributed by atoms with Crippen LogP contribution in [-0.2, 0) is 4.79 Å². The van der Waals surface area contributed by atoms with Crippen molar-refractivity contribution in [2.24, 2.45) is 5.92 Å². The van der Waals surface area contributed by atoms with Crippen LogP contribution in [0.5, 0.6) is 5.75 Å². The standard InChI is InChI=1S/C22H29N3O3/c1-4-23-22(27)17-7-5-8-18(13-17)24-15-21(26)25-19-9-6-10-20(14-19)28-12-11-16(2)3/h5-10,13-14,16,24H,4,11-12,15H2,1-3H3,(H,23,27)(H,25,26). The Balaban J connectivity index is 1.86. The summed E-state index contributed by atoms with van der Waals surface area (Å²) in [6.45, 7) is 7.49. The molecule has 150 valence electrons. The molecule has 0 aliphatic heterocycles. The van der Waals surface area contributed by atoms with E-state index in [9.17, 15) is 9.59 Å². The molecule has 0 saturated carbocycles. The van der Waals surface area contributed by atoms with Crippen LogP contribution in [0.4, 0.5) is 11.4 Å².